The van der Waals surface area contributed by atoms with Crippen molar-refractivity contribution in [1.29, 1.82) is 0 Å². The van der Waals surface area contributed by atoms with Crippen molar-refractivity contribution in [1.82, 2.24) is 4.98 Å². The van der Waals surface area contributed by atoms with Crippen molar-refractivity contribution in [2.75, 3.05) is 0 Å². The first-order chi connectivity index (χ1) is 14.1. The molecule has 1 aromatic heterocycles. The topological polar surface area (TPSA) is 79.3 Å². The number of carbonyl (C=O) groups is 1. The second-order valence-electron chi connectivity index (χ2n) is 6.53. The Morgan fingerprint density at radius 3 is 2.59 bits per heavy atom. The quantitative estimate of drug-likeness (QED) is 0.473. The molecule has 7 heteroatoms. The first-order valence-corrected chi connectivity index (χ1v) is 10.0. The van der Waals surface area contributed by atoms with Crippen molar-refractivity contribution < 1.29 is 22.7 Å². The van der Waals surface area contributed by atoms with Crippen LogP contribution in [0.1, 0.15) is 28.2 Å². The molecule has 0 saturated heterocycles. The number of fused-ring (bicyclic) bond motifs is 1. The molecule has 29 heavy (non-hydrogen) atoms. The zero-order valence-corrected chi connectivity index (χ0v) is 15.9. The predicted molar refractivity (Wildman–Crippen MR) is 106 cm³/mol. The van der Waals surface area contributed by atoms with Gasteiger partial charge in [-0.15, -0.1) is 0 Å². The van der Waals surface area contributed by atoms with Crippen LogP contribution in [0.4, 0.5) is 4.39 Å². The normalized spacial score (nSPS) is 16.7. The van der Waals surface area contributed by atoms with Crippen LogP contribution in [0, 0.1) is 5.82 Å². The fraction of sp³-hybridized carbons (Fsp3) is 0.0909. The van der Waals surface area contributed by atoms with Gasteiger partial charge in [-0.05, 0) is 29.8 Å². The van der Waals surface area contributed by atoms with Gasteiger partial charge in [0, 0.05) is 40.4 Å². The van der Waals surface area contributed by atoms with Gasteiger partial charge >= 0.3 is 0 Å². The molecule has 2 atom stereocenters. The molecule has 4 rings (SSSR count). The average molecular weight is 408 g/mol. The van der Waals surface area contributed by atoms with E-state index in [0.29, 0.717) is 39.3 Å². The van der Waals surface area contributed by atoms with E-state index in [0.717, 1.165) is 6.29 Å². The zero-order chi connectivity index (χ0) is 20.4. The van der Waals surface area contributed by atoms with Gasteiger partial charge in [-0.1, -0.05) is 41.4 Å². The summed E-state index contributed by atoms with van der Waals surface area (Å²) in [6.45, 7) is 0. The van der Waals surface area contributed by atoms with E-state index in [-0.39, 0.29) is 5.75 Å². The van der Waals surface area contributed by atoms with Crippen LogP contribution in [0.3, 0.4) is 0 Å². The van der Waals surface area contributed by atoms with E-state index in [2.05, 4.69) is 4.98 Å². The Balaban J connectivity index is 1.89. The maximum absolute atomic E-state index is 13.9. The molecule has 0 N–H and O–H groups in total. The minimum absolute atomic E-state index is 0.0886. The number of aromatic nitrogens is 1. The van der Waals surface area contributed by atoms with Crippen LogP contribution >= 0.6 is 0 Å². The Hall–Kier alpha value is -3.16. The second kappa shape index (κ2) is 8.06. The standard InChI is InChI=1S/C22H16FNO4S/c23-17-7-8-20-18(10-17)19(12-25)21(16-2-1-9-24-11-16)22(28-20)15-5-3-14(4-6-15)13-29(26)27/h1-12,19H,13H2,(H,26,27)/p-1. The van der Waals surface area contributed by atoms with Crippen LogP contribution in [-0.4, -0.2) is 20.0 Å². The predicted octanol–water partition coefficient (Wildman–Crippen LogP) is 3.84. The number of aldehydes is 1. The highest BCUT2D eigenvalue weighted by atomic mass is 32.2. The van der Waals surface area contributed by atoms with Crippen molar-refractivity contribution in [2.45, 2.75) is 11.7 Å². The van der Waals surface area contributed by atoms with Crippen molar-refractivity contribution in [3.8, 4) is 5.75 Å². The first kappa shape index (κ1) is 19.2. The lowest BCUT2D eigenvalue weighted by molar-refractivity contribution is -0.108. The summed E-state index contributed by atoms with van der Waals surface area (Å²) < 4.78 is 41.8. The largest absolute Gasteiger partial charge is 0.772 e. The van der Waals surface area contributed by atoms with Crippen molar-refractivity contribution in [3.05, 3.63) is 95.1 Å². The van der Waals surface area contributed by atoms with Gasteiger partial charge in [-0.2, -0.15) is 0 Å². The van der Waals surface area contributed by atoms with Gasteiger partial charge in [0.2, 0.25) is 0 Å². The molecule has 0 amide bonds. The molecule has 1 aliphatic heterocycles. The molecule has 2 unspecified atom stereocenters. The number of nitrogens with zero attached hydrogens (tertiary/aromatic N) is 1. The number of hydrogen-bond donors (Lipinski definition) is 0. The van der Waals surface area contributed by atoms with E-state index < -0.39 is 22.8 Å². The summed E-state index contributed by atoms with van der Waals surface area (Å²) in [4.78, 5) is 16.2. The summed E-state index contributed by atoms with van der Waals surface area (Å²) in [6, 6.07) is 14.5. The molecule has 2 aromatic carbocycles. The molecule has 0 radical (unpaired) electrons. The molecule has 5 nitrogen and oxygen atoms in total. The summed E-state index contributed by atoms with van der Waals surface area (Å²) in [5.41, 5.74) is 3.01. The molecule has 2 heterocycles. The molecular formula is C22H15FNO4S-. The molecule has 146 valence electrons. The van der Waals surface area contributed by atoms with Crippen LogP contribution in [-0.2, 0) is 21.6 Å². The number of rotatable bonds is 5. The molecule has 0 spiro atoms. The third kappa shape index (κ3) is 3.87. The van der Waals surface area contributed by atoms with Gasteiger partial charge in [0.15, 0.2) is 0 Å². The maximum Gasteiger partial charge on any atom is 0.139 e. The number of carbonyl (C=O) groups excluding carboxylic acids is 1. The summed E-state index contributed by atoms with van der Waals surface area (Å²) in [5.74, 6) is -0.431. The van der Waals surface area contributed by atoms with Gasteiger partial charge in [-0.3, -0.25) is 9.19 Å². The van der Waals surface area contributed by atoms with E-state index >= 15 is 0 Å². The lowest BCUT2D eigenvalue weighted by Gasteiger charge is -2.28. The lowest BCUT2D eigenvalue weighted by atomic mass is 9.83. The number of allylic oxidation sites excluding steroid dienone is 1. The number of halogens is 1. The Morgan fingerprint density at radius 2 is 1.93 bits per heavy atom. The van der Waals surface area contributed by atoms with Crippen molar-refractivity contribution in [3.63, 3.8) is 0 Å². The van der Waals surface area contributed by atoms with E-state index in [1.54, 1.807) is 48.8 Å². The van der Waals surface area contributed by atoms with Gasteiger partial charge < -0.3 is 14.1 Å². The van der Waals surface area contributed by atoms with Gasteiger partial charge in [0.1, 0.15) is 23.6 Å². The minimum atomic E-state index is -2.19. The third-order valence-corrected chi connectivity index (χ3v) is 5.25. The highest BCUT2D eigenvalue weighted by Gasteiger charge is 2.31. The lowest BCUT2D eigenvalue weighted by Crippen LogP contribution is -2.16. The fourth-order valence-electron chi connectivity index (χ4n) is 3.39. The SMILES string of the molecule is O=CC1C(c2cccnc2)=C(c2ccc(CS(=O)[O-])cc2)Oc2ccc(F)cc21. The van der Waals surface area contributed by atoms with Crippen LogP contribution in [0.2, 0.25) is 0 Å². The highest BCUT2D eigenvalue weighted by Crippen LogP contribution is 2.45. The summed E-state index contributed by atoms with van der Waals surface area (Å²) in [6.07, 6.45) is 4.00. The number of ether oxygens (including phenoxy) is 1. The van der Waals surface area contributed by atoms with Gasteiger partial charge in [0.25, 0.3) is 0 Å². The van der Waals surface area contributed by atoms with Crippen LogP contribution < -0.4 is 4.74 Å². The first-order valence-electron chi connectivity index (χ1n) is 8.79. The average Bonchev–Trinajstić information content (AvgIpc) is 2.73. The number of hydrogen-bond acceptors (Lipinski definition) is 5. The Morgan fingerprint density at radius 1 is 1.14 bits per heavy atom. The fourth-order valence-corrected chi connectivity index (χ4v) is 3.86. The molecule has 0 aliphatic carbocycles. The Labute approximate surface area is 169 Å². The van der Waals surface area contributed by atoms with Crippen LogP contribution in [0.25, 0.3) is 11.3 Å². The number of pyridine rings is 1. The summed E-state index contributed by atoms with van der Waals surface area (Å²) in [7, 11) is 0. The molecule has 0 saturated carbocycles. The van der Waals surface area contributed by atoms with Crippen molar-refractivity contribution in [2.24, 2.45) is 0 Å². The molecule has 0 fully saturated rings. The monoisotopic (exact) mass is 408 g/mol. The summed E-state index contributed by atoms with van der Waals surface area (Å²) >= 11 is -2.19. The Bertz CT molecular complexity index is 1110. The smallest absolute Gasteiger partial charge is 0.139 e. The molecule has 0 bridgehead atoms. The Kier molecular flexibility index (Phi) is 5.33. The highest BCUT2D eigenvalue weighted by molar-refractivity contribution is 7.78. The van der Waals surface area contributed by atoms with Gasteiger partial charge in [0.05, 0.1) is 5.92 Å². The molecule has 3 aromatic rings. The third-order valence-electron chi connectivity index (χ3n) is 4.68. The summed E-state index contributed by atoms with van der Waals surface area (Å²) in [5, 5.41) is 0. The zero-order valence-electron chi connectivity index (χ0n) is 15.1. The molecular weight excluding hydrogens is 393 g/mol. The van der Waals surface area contributed by atoms with Gasteiger partial charge in [-0.25, -0.2) is 4.39 Å². The van der Waals surface area contributed by atoms with E-state index in [9.17, 15) is 17.9 Å². The second-order valence-corrected chi connectivity index (χ2v) is 7.42. The number of benzene rings is 2. The maximum atomic E-state index is 13.9. The molecule has 1 aliphatic rings. The van der Waals surface area contributed by atoms with Crippen LogP contribution in [0.5, 0.6) is 5.75 Å². The van der Waals surface area contributed by atoms with E-state index in [1.165, 1.54) is 18.2 Å². The van der Waals surface area contributed by atoms with E-state index in [1.807, 2.05) is 0 Å². The van der Waals surface area contributed by atoms with Crippen LogP contribution in [0.15, 0.2) is 67.0 Å². The minimum Gasteiger partial charge on any atom is -0.772 e. The van der Waals surface area contributed by atoms with E-state index in [4.69, 9.17) is 4.74 Å². The van der Waals surface area contributed by atoms with Crippen molar-refractivity contribution >= 4 is 28.7 Å².